The molecule has 0 radical (unpaired) electrons. The molecule has 1 aliphatic carbocycles. The number of carbonyl (C=O) groups is 1. The molecule has 0 spiro atoms. The van der Waals surface area contributed by atoms with E-state index in [4.69, 9.17) is 5.11 Å². The summed E-state index contributed by atoms with van der Waals surface area (Å²) in [5.74, 6) is -0.905. The van der Waals surface area contributed by atoms with Gasteiger partial charge in [0.2, 0.25) is 10.0 Å². The molecular formula is C20H26FNO4S. The average Bonchev–Trinajstić information content (AvgIpc) is 2.60. The molecule has 0 saturated heterocycles. The molecule has 7 heteroatoms. The number of benzene rings is 1. The Labute approximate surface area is 160 Å². The first-order valence-electron chi connectivity index (χ1n) is 9.18. The quantitative estimate of drug-likeness (QED) is 0.487. The molecule has 2 unspecified atom stereocenters. The number of halogens is 1. The monoisotopic (exact) mass is 395 g/mol. The number of unbranched alkanes of at least 4 members (excludes halogenated alkanes) is 1. The molecule has 1 fully saturated rings. The molecule has 0 aliphatic heterocycles. The van der Waals surface area contributed by atoms with Crippen LogP contribution in [0.4, 0.5) is 4.39 Å². The van der Waals surface area contributed by atoms with Gasteiger partial charge in [0, 0.05) is 17.9 Å². The number of hydrogen-bond acceptors (Lipinski definition) is 3. The lowest BCUT2D eigenvalue weighted by Gasteiger charge is -2.27. The van der Waals surface area contributed by atoms with Gasteiger partial charge in [-0.3, -0.25) is 4.79 Å². The van der Waals surface area contributed by atoms with Crippen LogP contribution in [-0.4, -0.2) is 25.5 Å². The van der Waals surface area contributed by atoms with Crippen molar-refractivity contribution in [3.05, 3.63) is 53.2 Å². The Hall–Kier alpha value is -1.99. The molecule has 0 bridgehead atoms. The molecule has 2 rings (SSSR count). The molecule has 0 amide bonds. The third-order valence-electron chi connectivity index (χ3n) is 4.50. The summed E-state index contributed by atoms with van der Waals surface area (Å²) in [7, 11) is -3.60. The third-order valence-corrected chi connectivity index (χ3v) is 5.66. The number of sulfonamides is 1. The molecule has 1 aromatic carbocycles. The maximum Gasteiger partial charge on any atom is 0.303 e. The van der Waals surface area contributed by atoms with Crippen LogP contribution in [0.1, 0.15) is 50.5 Å². The van der Waals surface area contributed by atoms with Gasteiger partial charge in [-0.25, -0.2) is 17.5 Å². The highest BCUT2D eigenvalue weighted by molar-refractivity contribution is 7.92. The molecule has 148 valence electrons. The van der Waals surface area contributed by atoms with Crippen LogP contribution in [0, 0.1) is 11.7 Å². The molecule has 1 saturated carbocycles. The van der Waals surface area contributed by atoms with E-state index in [1.807, 2.05) is 6.08 Å². The second-order valence-electron chi connectivity index (χ2n) is 6.86. The van der Waals surface area contributed by atoms with Crippen molar-refractivity contribution in [3.63, 3.8) is 0 Å². The molecule has 1 aliphatic rings. The summed E-state index contributed by atoms with van der Waals surface area (Å²) in [5, 5.41) is 9.70. The fourth-order valence-electron chi connectivity index (χ4n) is 3.22. The van der Waals surface area contributed by atoms with Crippen molar-refractivity contribution in [2.45, 2.75) is 51.0 Å². The van der Waals surface area contributed by atoms with Crippen LogP contribution in [0.5, 0.6) is 0 Å². The van der Waals surface area contributed by atoms with E-state index in [1.54, 1.807) is 6.07 Å². The highest BCUT2D eigenvalue weighted by Gasteiger charge is 2.23. The standard InChI is InChI=1S/C20H26FNO4S/c21-18-9-4-7-17(14-18)12-13-27(25,26)22-19-10-5-8-16(15-19)6-2-1-3-11-20(23)24/h2,4,6-7,9,12-14,16,19,22H,1,3,5,8,10-11,15H2,(H,23,24)/b6-2+,13-12+. The number of allylic oxidation sites excluding steroid dienone is 2. The van der Waals surface area contributed by atoms with Crippen LogP contribution >= 0.6 is 0 Å². The van der Waals surface area contributed by atoms with E-state index in [-0.39, 0.29) is 12.5 Å². The predicted molar refractivity (Wildman–Crippen MR) is 104 cm³/mol. The van der Waals surface area contributed by atoms with E-state index >= 15 is 0 Å². The topological polar surface area (TPSA) is 83.5 Å². The Kier molecular flexibility index (Phi) is 8.19. The first kappa shape index (κ1) is 21.3. The first-order chi connectivity index (χ1) is 12.8. The minimum absolute atomic E-state index is 0.130. The van der Waals surface area contributed by atoms with Crippen LogP contribution < -0.4 is 4.72 Å². The van der Waals surface area contributed by atoms with Gasteiger partial charge < -0.3 is 5.11 Å². The van der Waals surface area contributed by atoms with Crippen LogP contribution in [0.3, 0.4) is 0 Å². The van der Waals surface area contributed by atoms with Gasteiger partial charge >= 0.3 is 5.97 Å². The number of hydrogen-bond donors (Lipinski definition) is 2. The van der Waals surface area contributed by atoms with Crippen molar-refractivity contribution >= 4 is 22.1 Å². The minimum atomic E-state index is -3.60. The molecule has 27 heavy (non-hydrogen) atoms. The SMILES string of the molecule is O=C(O)CCC/C=C/C1CCCC(NS(=O)(=O)/C=C/c2cccc(F)c2)C1. The smallest absolute Gasteiger partial charge is 0.303 e. The summed E-state index contributed by atoms with van der Waals surface area (Å²) >= 11 is 0. The van der Waals surface area contributed by atoms with Crippen LogP contribution in [-0.2, 0) is 14.8 Å². The maximum absolute atomic E-state index is 13.2. The third kappa shape index (κ3) is 8.49. The number of nitrogens with one attached hydrogen (secondary N) is 1. The molecule has 0 heterocycles. The normalized spacial score (nSPS) is 21.1. The molecule has 5 nitrogen and oxygen atoms in total. The number of carboxylic acid groups (broad SMARTS) is 1. The van der Waals surface area contributed by atoms with E-state index in [2.05, 4.69) is 10.8 Å². The summed E-state index contributed by atoms with van der Waals surface area (Å²) in [6, 6.07) is 5.62. The minimum Gasteiger partial charge on any atom is -0.481 e. The zero-order chi connectivity index (χ0) is 19.7. The predicted octanol–water partition coefficient (Wildman–Crippen LogP) is 4.09. The highest BCUT2D eigenvalue weighted by Crippen LogP contribution is 2.26. The van der Waals surface area contributed by atoms with Crippen molar-refractivity contribution in [2.24, 2.45) is 5.92 Å². The summed E-state index contributed by atoms with van der Waals surface area (Å²) in [6.07, 6.45) is 10.4. The van der Waals surface area contributed by atoms with Gasteiger partial charge in [0.15, 0.2) is 0 Å². The molecular weight excluding hydrogens is 369 g/mol. The fourth-order valence-corrected chi connectivity index (χ4v) is 4.31. The van der Waals surface area contributed by atoms with E-state index < -0.39 is 21.8 Å². The van der Waals surface area contributed by atoms with E-state index in [0.717, 1.165) is 37.5 Å². The van der Waals surface area contributed by atoms with Gasteiger partial charge in [-0.1, -0.05) is 30.7 Å². The molecule has 1 aromatic rings. The first-order valence-corrected chi connectivity index (χ1v) is 10.7. The number of carboxylic acids is 1. The summed E-state index contributed by atoms with van der Waals surface area (Å²) in [5.41, 5.74) is 0.492. The van der Waals surface area contributed by atoms with Crippen molar-refractivity contribution < 1.29 is 22.7 Å². The maximum atomic E-state index is 13.2. The van der Waals surface area contributed by atoms with Crippen LogP contribution in [0.25, 0.3) is 6.08 Å². The van der Waals surface area contributed by atoms with E-state index in [9.17, 15) is 17.6 Å². The lowest BCUT2D eigenvalue weighted by atomic mass is 9.86. The second-order valence-corrected chi connectivity index (χ2v) is 8.46. The number of rotatable bonds is 9. The van der Waals surface area contributed by atoms with Crippen molar-refractivity contribution in [1.82, 2.24) is 4.72 Å². The molecule has 2 atom stereocenters. The van der Waals surface area contributed by atoms with Gasteiger partial charge in [0.25, 0.3) is 0 Å². The van der Waals surface area contributed by atoms with Gasteiger partial charge in [-0.15, -0.1) is 0 Å². The van der Waals surface area contributed by atoms with Gasteiger partial charge in [0.05, 0.1) is 0 Å². The molecule has 0 aromatic heterocycles. The van der Waals surface area contributed by atoms with Gasteiger partial charge in [-0.05, 0) is 61.8 Å². The highest BCUT2D eigenvalue weighted by atomic mass is 32.2. The Balaban J connectivity index is 1.84. The zero-order valence-electron chi connectivity index (χ0n) is 15.2. The lowest BCUT2D eigenvalue weighted by molar-refractivity contribution is -0.137. The van der Waals surface area contributed by atoms with Gasteiger partial charge in [-0.2, -0.15) is 0 Å². The zero-order valence-corrected chi connectivity index (χ0v) is 16.0. The largest absolute Gasteiger partial charge is 0.481 e. The Bertz CT molecular complexity index is 789. The van der Waals surface area contributed by atoms with Crippen molar-refractivity contribution in [1.29, 1.82) is 0 Å². The average molecular weight is 395 g/mol. The van der Waals surface area contributed by atoms with Crippen LogP contribution in [0.2, 0.25) is 0 Å². The van der Waals surface area contributed by atoms with Crippen molar-refractivity contribution in [2.75, 3.05) is 0 Å². The fraction of sp³-hybridized carbons (Fsp3) is 0.450. The van der Waals surface area contributed by atoms with E-state index in [1.165, 1.54) is 24.3 Å². The molecule has 2 N–H and O–H groups in total. The number of aliphatic carboxylic acids is 1. The lowest BCUT2D eigenvalue weighted by Crippen LogP contribution is -2.37. The van der Waals surface area contributed by atoms with Crippen molar-refractivity contribution in [3.8, 4) is 0 Å². The van der Waals surface area contributed by atoms with Crippen LogP contribution in [0.15, 0.2) is 41.8 Å². The van der Waals surface area contributed by atoms with E-state index in [0.29, 0.717) is 17.9 Å². The second kappa shape index (κ2) is 10.4. The summed E-state index contributed by atoms with van der Waals surface area (Å²) in [4.78, 5) is 10.5. The Morgan fingerprint density at radius 1 is 1.33 bits per heavy atom. The summed E-state index contributed by atoms with van der Waals surface area (Å²) < 4.78 is 40.4. The Morgan fingerprint density at radius 3 is 2.89 bits per heavy atom. The summed E-state index contributed by atoms with van der Waals surface area (Å²) in [6.45, 7) is 0. The Morgan fingerprint density at radius 2 is 2.15 bits per heavy atom. The van der Waals surface area contributed by atoms with Gasteiger partial charge in [0.1, 0.15) is 5.82 Å².